The first-order valence-corrected chi connectivity index (χ1v) is 6.82. The minimum atomic E-state index is 0.00946. The first-order chi connectivity index (χ1) is 8.66. The van der Waals surface area contributed by atoms with E-state index in [1.807, 2.05) is 24.3 Å². The molecule has 2 atom stereocenters. The highest BCUT2D eigenvalue weighted by molar-refractivity contribution is 6.30. The topological polar surface area (TPSA) is 55.1 Å². The summed E-state index contributed by atoms with van der Waals surface area (Å²) in [6, 6.07) is 7.74. The van der Waals surface area contributed by atoms with E-state index in [0.29, 0.717) is 6.54 Å². The van der Waals surface area contributed by atoms with Crippen LogP contribution in [0.2, 0.25) is 5.02 Å². The third-order valence-electron chi connectivity index (χ3n) is 3.53. The van der Waals surface area contributed by atoms with Crippen LogP contribution >= 0.6 is 11.6 Å². The Morgan fingerprint density at radius 2 is 2.06 bits per heavy atom. The van der Waals surface area contributed by atoms with Gasteiger partial charge >= 0.3 is 0 Å². The average molecular weight is 267 g/mol. The number of halogens is 1. The molecule has 0 aliphatic heterocycles. The molecular formula is C14H19ClN2O. The van der Waals surface area contributed by atoms with Gasteiger partial charge in [-0.1, -0.05) is 30.2 Å². The van der Waals surface area contributed by atoms with Crippen molar-refractivity contribution >= 4 is 17.5 Å². The Labute approximate surface area is 113 Å². The van der Waals surface area contributed by atoms with E-state index in [-0.39, 0.29) is 17.9 Å². The Morgan fingerprint density at radius 1 is 1.33 bits per heavy atom. The summed E-state index contributed by atoms with van der Waals surface area (Å²) in [7, 11) is 0. The van der Waals surface area contributed by atoms with Crippen LogP contribution in [-0.2, 0) is 11.2 Å². The summed E-state index contributed by atoms with van der Waals surface area (Å²) in [5, 5.41) is 3.70. The minimum absolute atomic E-state index is 0.00946. The van der Waals surface area contributed by atoms with Gasteiger partial charge in [0.2, 0.25) is 5.91 Å². The van der Waals surface area contributed by atoms with E-state index in [0.717, 1.165) is 30.7 Å². The van der Waals surface area contributed by atoms with Gasteiger partial charge in [-0.2, -0.15) is 0 Å². The highest BCUT2D eigenvalue weighted by Gasteiger charge is 2.29. The van der Waals surface area contributed by atoms with Crippen LogP contribution in [0.5, 0.6) is 0 Å². The first kappa shape index (κ1) is 13.4. The van der Waals surface area contributed by atoms with E-state index in [1.54, 1.807) is 0 Å². The summed E-state index contributed by atoms with van der Waals surface area (Å²) in [6.45, 7) is 0.656. The molecule has 1 aliphatic rings. The molecule has 2 unspecified atom stereocenters. The van der Waals surface area contributed by atoms with Crippen LogP contribution < -0.4 is 11.1 Å². The monoisotopic (exact) mass is 266 g/mol. The fraction of sp³-hybridized carbons (Fsp3) is 0.500. The number of hydrogen-bond donors (Lipinski definition) is 2. The Balaban J connectivity index is 1.75. The van der Waals surface area contributed by atoms with Crippen molar-refractivity contribution in [2.45, 2.75) is 31.7 Å². The Hall–Kier alpha value is -1.06. The fourth-order valence-electron chi connectivity index (χ4n) is 2.43. The van der Waals surface area contributed by atoms with Gasteiger partial charge in [0.05, 0.1) is 5.92 Å². The molecule has 1 aromatic rings. The number of amides is 1. The van der Waals surface area contributed by atoms with Crippen molar-refractivity contribution in [3.8, 4) is 0 Å². The SMILES string of the molecule is NC1CCCC1C(=O)NCCc1ccc(Cl)cc1. The smallest absolute Gasteiger partial charge is 0.224 e. The van der Waals surface area contributed by atoms with Gasteiger partial charge in [0, 0.05) is 17.6 Å². The van der Waals surface area contributed by atoms with Crippen molar-refractivity contribution in [2.75, 3.05) is 6.54 Å². The number of hydrogen-bond acceptors (Lipinski definition) is 2. The van der Waals surface area contributed by atoms with E-state index >= 15 is 0 Å². The number of nitrogens with one attached hydrogen (secondary N) is 1. The Bertz CT molecular complexity index is 405. The molecule has 1 amide bonds. The summed E-state index contributed by atoms with van der Waals surface area (Å²) >= 11 is 5.81. The summed E-state index contributed by atoms with van der Waals surface area (Å²) in [5.74, 6) is 0.115. The predicted octanol–water partition coefficient (Wildman–Crippen LogP) is 2.13. The molecule has 0 spiro atoms. The molecule has 3 N–H and O–H groups in total. The summed E-state index contributed by atoms with van der Waals surface area (Å²) in [5.41, 5.74) is 7.08. The maximum absolute atomic E-state index is 11.9. The normalized spacial score (nSPS) is 23.0. The van der Waals surface area contributed by atoms with E-state index in [9.17, 15) is 4.79 Å². The van der Waals surface area contributed by atoms with E-state index < -0.39 is 0 Å². The van der Waals surface area contributed by atoms with Crippen molar-refractivity contribution in [1.82, 2.24) is 5.32 Å². The lowest BCUT2D eigenvalue weighted by Crippen LogP contribution is -2.39. The lowest BCUT2D eigenvalue weighted by atomic mass is 10.0. The van der Waals surface area contributed by atoms with Crippen molar-refractivity contribution in [2.24, 2.45) is 11.7 Å². The Morgan fingerprint density at radius 3 is 2.67 bits per heavy atom. The van der Waals surface area contributed by atoms with Crippen molar-refractivity contribution in [3.63, 3.8) is 0 Å². The predicted molar refractivity (Wildman–Crippen MR) is 73.5 cm³/mol. The average Bonchev–Trinajstić information content (AvgIpc) is 2.78. The number of rotatable bonds is 4. The number of nitrogens with two attached hydrogens (primary N) is 1. The van der Waals surface area contributed by atoms with Crippen LogP contribution in [0.15, 0.2) is 24.3 Å². The van der Waals surface area contributed by atoms with Gasteiger partial charge in [0.25, 0.3) is 0 Å². The maximum Gasteiger partial charge on any atom is 0.224 e. The van der Waals surface area contributed by atoms with Gasteiger partial charge in [-0.05, 0) is 37.0 Å². The van der Waals surface area contributed by atoms with Gasteiger partial charge < -0.3 is 11.1 Å². The highest BCUT2D eigenvalue weighted by atomic mass is 35.5. The Kier molecular flexibility index (Phi) is 4.61. The van der Waals surface area contributed by atoms with Crippen LogP contribution in [0.3, 0.4) is 0 Å². The van der Waals surface area contributed by atoms with Crippen molar-refractivity contribution < 1.29 is 4.79 Å². The molecule has 1 saturated carbocycles. The fourth-order valence-corrected chi connectivity index (χ4v) is 2.55. The molecule has 0 saturated heterocycles. The van der Waals surface area contributed by atoms with Crippen molar-refractivity contribution in [1.29, 1.82) is 0 Å². The lowest BCUT2D eigenvalue weighted by Gasteiger charge is -2.15. The van der Waals surface area contributed by atoms with E-state index in [2.05, 4.69) is 5.32 Å². The molecular weight excluding hydrogens is 248 g/mol. The molecule has 0 aromatic heterocycles. The highest BCUT2D eigenvalue weighted by Crippen LogP contribution is 2.23. The number of benzene rings is 1. The van der Waals surface area contributed by atoms with Gasteiger partial charge in [0.15, 0.2) is 0 Å². The molecule has 1 aliphatic carbocycles. The molecule has 1 fully saturated rings. The lowest BCUT2D eigenvalue weighted by molar-refractivity contribution is -0.125. The summed E-state index contributed by atoms with van der Waals surface area (Å²) in [4.78, 5) is 11.9. The summed E-state index contributed by atoms with van der Waals surface area (Å²) < 4.78 is 0. The van der Waals surface area contributed by atoms with Crippen LogP contribution in [0, 0.1) is 5.92 Å². The zero-order valence-corrected chi connectivity index (χ0v) is 11.1. The van der Waals surface area contributed by atoms with Crippen LogP contribution in [0.25, 0.3) is 0 Å². The van der Waals surface area contributed by atoms with E-state index in [4.69, 9.17) is 17.3 Å². The molecule has 0 bridgehead atoms. The minimum Gasteiger partial charge on any atom is -0.355 e. The quantitative estimate of drug-likeness (QED) is 0.877. The third kappa shape index (κ3) is 3.47. The van der Waals surface area contributed by atoms with Gasteiger partial charge in [-0.15, -0.1) is 0 Å². The standard InChI is InChI=1S/C14H19ClN2O/c15-11-6-4-10(5-7-11)8-9-17-14(18)12-2-1-3-13(12)16/h4-7,12-13H,1-3,8-9,16H2,(H,17,18). The zero-order chi connectivity index (χ0) is 13.0. The summed E-state index contributed by atoms with van der Waals surface area (Å²) in [6.07, 6.45) is 3.78. The van der Waals surface area contributed by atoms with E-state index in [1.165, 1.54) is 5.56 Å². The van der Waals surface area contributed by atoms with Gasteiger partial charge in [-0.3, -0.25) is 4.79 Å². The first-order valence-electron chi connectivity index (χ1n) is 6.44. The largest absolute Gasteiger partial charge is 0.355 e. The second kappa shape index (κ2) is 6.21. The molecule has 4 heteroatoms. The molecule has 98 valence electrons. The number of carbonyl (C=O) groups excluding carboxylic acids is 1. The second-order valence-electron chi connectivity index (χ2n) is 4.87. The zero-order valence-electron chi connectivity index (χ0n) is 10.4. The molecule has 18 heavy (non-hydrogen) atoms. The van der Waals surface area contributed by atoms with Crippen LogP contribution in [-0.4, -0.2) is 18.5 Å². The van der Waals surface area contributed by atoms with Crippen LogP contribution in [0.1, 0.15) is 24.8 Å². The van der Waals surface area contributed by atoms with Crippen LogP contribution in [0.4, 0.5) is 0 Å². The van der Waals surface area contributed by atoms with Crippen molar-refractivity contribution in [3.05, 3.63) is 34.9 Å². The molecule has 3 nitrogen and oxygen atoms in total. The molecule has 0 radical (unpaired) electrons. The third-order valence-corrected chi connectivity index (χ3v) is 3.78. The molecule has 2 rings (SSSR count). The van der Waals surface area contributed by atoms with Gasteiger partial charge in [-0.25, -0.2) is 0 Å². The molecule has 0 heterocycles. The molecule has 1 aromatic carbocycles. The van der Waals surface area contributed by atoms with Gasteiger partial charge in [0.1, 0.15) is 0 Å². The second-order valence-corrected chi connectivity index (χ2v) is 5.31. The maximum atomic E-state index is 11.9. The number of carbonyl (C=O) groups is 1.